The fraction of sp³-hybridized carbons (Fsp3) is 0.286. The third kappa shape index (κ3) is 8.96. The highest BCUT2D eigenvalue weighted by molar-refractivity contribution is 7.88. The first-order valence-corrected chi connectivity index (χ1v) is 14.7. The normalized spacial score (nSPS) is 12.2. The maximum absolute atomic E-state index is 13.6. The van der Waals surface area contributed by atoms with Crippen molar-refractivity contribution in [1.82, 2.24) is 14.5 Å². The van der Waals surface area contributed by atoms with Gasteiger partial charge < -0.3 is 15.0 Å². The van der Waals surface area contributed by atoms with Gasteiger partial charge in [-0.1, -0.05) is 71.7 Å². The molecule has 0 unspecified atom stereocenters. The van der Waals surface area contributed by atoms with Gasteiger partial charge in [-0.05, 0) is 47.9 Å². The molecule has 208 valence electrons. The number of ether oxygens (including phenoxy) is 1. The Bertz CT molecular complexity index is 1390. The largest absolute Gasteiger partial charge is 0.497 e. The average molecular weight is 593 g/mol. The lowest BCUT2D eigenvalue weighted by atomic mass is 10.1. The lowest BCUT2D eigenvalue weighted by molar-refractivity contribution is -0.140. The van der Waals surface area contributed by atoms with Gasteiger partial charge in [0, 0.05) is 29.7 Å². The monoisotopic (exact) mass is 591 g/mol. The second-order valence-electron chi connectivity index (χ2n) is 9.02. The molecule has 0 heterocycles. The minimum absolute atomic E-state index is 0.0252. The van der Waals surface area contributed by atoms with E-state index in [4.69, 9.17) is 27.9 Å². The molecule has 0 aromatic heterocycles. The van der Waals surface area contributed by atoms with Crippen molar-refractivity contribution < 1.29 is 22.7 Å². The Labute approximate surface area is 239 Å². The fourth-order valence-electron chi connectivity index (χ4n) is 3.82. The Hall–Kier alpha value is -3.11. The maximum Gasteiger partial charge on any atom is 0.242 e. The summed E-state index contributed by atoms with van der Waals surface area (Å²) in [5, 5.41) is 3.70. The van der Waals surface area contributed by atoms with E-state index in [9.17, 15) is 18.0 Å². The lowest BCUT2D eigenvalue weighted by Gasteiger charge is -2.31. The summed E-state index contributed by atoms with van der Waals surface area (Å²) >= 11 is 12.2. The van der Waals surface area contributed by atoms with Crippen LogP contribution in [0.2, 0.25) is 10.0 Å². The third-order valence-corrected chi connectivity index (χ3v) is 7.91. The number of sulfonamides is 1. The number of nitrogens with zero attached hydrogens (tertiary/aromatic N) is 2. The van der Waals surface area contributed by atoms with Crippen molar-refractivity contribution in [1.29, 1.82) is 0 Å². The molecule has 0 spiro atoms. The van der Waals surface area contributed by atoms with Crippen LogP contribution in [0.25, 0.3) is 0 Å². The summed E-state index contributed by atoms with van der Waals surface area (Å²) in [7, 11) is -2.18. The van der Waals surface area contributed by atoms with E-state index in [0.717, 1.165) is 21.7 Å². The van der Waals surface area contributed by atoms with E-state index in [1.54, 1.807) is 80.8 Å². The van der Waals surface area contributed by atoms with Gasteiger partial charge in [0.05, 0.1) is 19.9 Å². The first kappa shape index (κ1) is 30.4. The maximum atomic E-state index is 13.6. The molecule has 0 saturated heterocycles. The average Bonchev–Trinajstić information content (AvgIpc) is 2.90. The van der Waals surface area contributed by atoms with E-state index in [0.29, 0.717) is 21.4 Å². The Balaban J connectivity index is 1.82. The highest BCUT2D eigenvalue weighted by Crippen LogP contribution is 2.21. The number of nitrogens with one attached hydrogen (secondary N) is 1. The van der Waals surface area contributed by atoms with Gasteiger partial charge in [-0.2, -0.15) is 4.31 Å². The first-order chi connectivity index (χ1) is 18.5. The van der Waals surface area contributed by atoms with Crippen molar-refractivity contribution in [2.24, 2.45) is 0 Å². The smallest absolute Gasteiger partial charge is 0.242 e. The molecule has 0 aliphatic carbocycles. The molecule has 1 N–H and O–H groups in total. The second kappa shape index (κ2) is 13.8. The standard InChI is InChI=1S/C28H31Cl2N3O5S/c1-20(28(35)31-16-23-11-12-24(29)15-26(23)30)33(18-22-9-13-25(38-2)14-10-22)27(34)19-32(39(3,36)37)17-21-7-5-4-6-8-21/h4-15,20H,16-19H2,1-3H3,(H,31,35)/t20-/m0/s1. The molecule has 3 rings (SSSR count). The van der Waals surface area contributed by atoms with Gasteiger partial charge in [0.2, 0.25) is 21.8 Å². The predicted molar refractivity (Wildman–Crippen MR) is 153 cm³/mol. The van der Waals surface area contributed by atoms with Crippen LogP contribution in [0, 0.1) is 0 Å². The van der Waals surface area contributed by atoms with Gasteiger partial charge in [-0.3, -0.25) is 9.59 Å². The van der Waals surface area contributed by atoms with Crippen LogP contribution in [-0.2, 0) is 39.2 Å². The molecular formula is C28H31Cl2N3O5S. The number of benzene rings is 3. The minimum atomic E-state index is -3.73. The number of rotatable bonds is 12. The Morgan fingerprint density at radius 2 is 1.59 bits per heavy atom. The van der Waals surface area contributed by atoms with Crippen LogP contribution in [0.15, 0.2) is 72.8 Å². The van der Waals surface area contributed by atoms with Gasteiger partial charge >= 0.3 is 0 Å². The summed E-state index contributed by atoms with van der Waals surface area (Å²) in [4.78, 5) is 28.2. The first-order valence-electron chi connectivity index (χ1n) is 12.1. The molecule has 0 radical (unpaired) electrons. The van der Waals surface area contributed by atoms with E-state index in [2.05, 4.69) is 5.32 Å². The molecular weight excluding hydrogens is 561 g/mol. The number of halogens is 2. The Morgan fingerprint density at radius 1 is 0.949 bits per heavy atom. The zero-order valence-corrected chi connectivity index (χ0v) is 24.3. The quantitative estimate of drug-likeness (QED) is 0.334. The summed E-state index contributed by atoms with van der Waals surface area (Å²) < 4.78 is 31.5. The van der Waals surface area contributed by atoms with Crippen molar-refractivity contribution in [2.75, 3.05) is 19.9 Å². The van der Waals surface area contributed by atoms with Gasteiger partial charge in [0.25, 0.3) is 0 Å². The third-order valence-electron chi connectivity index (χ3n) is 6.13. The Kier molecular flexibility index (Phi) is 10.8. The Morgan fingerprint density at radius 3 is 2.18 bits per heavy atom. The van der Waals surface area contributed by atoms with E-state index in [1.807, 2.05) is 6.07 Å². The molecule has 1 atom stereocenters. The predicted octanol–water partition coefficient (Wildman–Crippen LogP) is 4.50. The molecule has 11 heteroatoms. The van der Waals surface area contributed by atoms with E-state index < -0.39 is 34.4 Å². The van der Waals surface area contributed by atoms with Crippen LogP contribution >= 0.6 is 23.2 Å². The molecule has 8 nitrogen and oxygen atoms in total. The lowest BCUT2D eigenvalue weighted by Crippen LogP contribution is -2.50. The fourth-order valence-corrected chi connectivity index (χ4v) is 5.03. The number of amides is 2. The van der Waals surface area contributed by atoms with Crippen LogP contribution in [0.1, 0.15) is 23.6 Å². The van der Waals surface area contributed by atoms with Crippen LogP contribution in [-0.4, -0.2) is 55.4 Å². The van der Waals surface area contributed by atoms with Crippen molar-refractivity contribution in [3.8, 4) is 5.75 Å². The topological polar surface area (TPSA) is 96.0 Å². The summed E-state index contributed by atoms with van der Waals surface area (Å²) in [5.41, 5.74) is 2.15. The van der Waals surface area contributed by atoms with Crippen LogP contribution in [0.5, 0.6) is 5.75 Å². The molecule has 0 bridgehead atoms. The zero-order valence-electron chi connectivity index (χ0n) is 21.9. The van der Waals surface area contributed by atoms with Gasteiger partial charge in [0.15, 0.2) is 0 Å². The van der Waals surface area contributed by atoms with Crippen LogP contribution in [0.3, 0.4) is 0 Å². The summed E-state index contributed by atoms with van der Waals surface area (Å²) in [6, 6.07) is 20.1. The van der Waals surface area contributed by atoms with Gasteiger partial charge in [-0.15, -0.1) is 0 Å². The molecule has 39 heavy (non-hydrogen) atoms. The number of carbonyl (C=O) groups excluding carboxylic acids is 2. The van der Waals surface area contributed by atoms with E-state index >= 15 is 0 Å². The molecule has 0 aliphatic rings. The van der Waals surface area contributed by atoms with Crippen molar-refractivity contribution in [2.45, 2.75) is 32.6 Å². The molecule has 3 aromatic carbocycles. The van der Waals surface area contributed by atoms with Gasteiger partial charge in [-0.25, -0.2) is 8.42 Å². The molecule has 0 saturated carbocycles. The van der Waals surface area contributed by atoms with Crippen molar-refractivity contribution >= 4 is 45.0 Å². The number of carbonyl (C=O) groups is 2. The van der Waals surface area contributed by atoms with Gasteiger partial charge in [0.1, 0.15) is 11.8 Å². The summed E-state index contributed by atoms with van der Waals surface area (Å²) in [6.07, 6.45) is 1.06. The second-order valence-corrected chi connectivity index (χ2v) is 11.8. The summed E-state index contributed by atoms with van der Waals surface area (Å²) in [5.74, 6) is -0.287. The SMILES string of the molecule is COc1ccc(CN(C(=O)CN(Cc2ccccc2)S(C)(=O)=O)[C@@H](C)C(=O)NCc2ccc(Cl)cc2Cl)cc1. The van der Waals surface area contributed by atoms with Crippen LogP contribution < -0.4 is 10.1 Å². The van der Waals surface area contributed by atoms with Crippen molar-refractivity contribution in [3.63, 3.8) is 0 Å². The summed E-state index contributed by atoms with van der Waals surface area (Å²) in [6.45, 7) is 1.42. The molecule has 0 fully saturated rings. The molecule has 0 aliphatic heterocycles. The molecule has 2 amide bonds. The number of hydrogen-bond donors (Lipinski definition) is 1. The van der Waals surface area contributed by atoms with E-state index in [1.165, 1.54) is 4.90 Å². The number of methoxy groups -OCH3 is 1. The highest BCUT2D eigenvalue weighted by Gasteiger charge is 2.30. The van der Waals surface area contributed by atoms with Crippen LogP contribution in [0.4, 0.5) is 0 Å². The van der Waals surface area contributed by atoms with Crippen molar-refractivity contribution in [3.05, 3.63) is 99.5 Å². The highest BCUT2D eigenvalue weighted by atomic mass is 35.5. The molecule has 3 aromatic rings. The number of hydrogen-bond acceptors (Lipinski definition) is 5. The zero-order chi connectivity index (χ0) is 28.6. The van der Waals surface area contributed by atoms with E-state index in [-0.39, 0.29) is 19.6 Å². The minimum Gasteiger partial charge on any atom is -0.497 e.